The predicted octanol–water partition coefficient (Wildman–Crippen LogP) is 0.429. The lowest BCUT2D eigenvalue weighted by Crippen LogP contribution is -2.39. The molecule has 0 bridgehead atoms. The molecule has 0 aliphatic carbocycles. The number of hydrogen-bond acceptors (Lipinski definition) is 6. The van der Waals surface area contributed by atoms with Crippen molar-refractivity contribution < 1.29 is 8.42 Å². The molecule has 1 aromatic heterocycles. The molecular formula is C10H15N3O2S2. The molecule has 1 aliphatic heterocycles. The van der Waals surface area contributed by atoms with E-state index in [0.717, 1.165) is 17.3 Å². The summed E-state index contributed by atoms with van der Waals surface area (Å²) in [4.78, 5) is 10.5. The Morgan fingerprint density at radius 2 is 1.88 bits per heavy atom. The summed E-state index contributed by atoms with van der Waals surface area (Å²) in [5.74, 6) is 0.521. The molecule has 2 rings (SSSR count). The van der Waals surface area contributed by atoms with Crippen molar-refractivity contribution in [3.63, 3.8) is 0 Å². The SMILES string of the molecule is CSc1ncc(CN2CCS(=O)(=O)CC2)cn1. The highest BCUT2D eigenvalue weighted by Crippen LogP contribution is 2.11. The average molecular weight is 273 g/mol. The number of rotatable bonds is 3. The Labute approximate surface area is 106 Å². The fourth-order valence-corrected chi connectivity index (χ4v) is 3.29. The third kappa shape index (κ3) is 3.65. The van der Waals surface area contributed by atoms with Gasteiger partial charge in [0.25, 0.3) is 0 Å². The average Bonchev–Trinajstić information content (AvgIpc) is 2.33. The molecule has 17 heavy (non-hydrogen) atoms. The van der Waals surface area contributed by atoms with Crippen LogP contribution < -0.4 is 0 Å². The third-order valence-corrected chi connectivity index (χ3v) is 4.89. The van der Waals surface area contributed by atoms with Crippen molar-refractivity contribution in [3.8, 4) is 0 Å². The first-order chi connectivity index (χ1) is 8.09. The van der Waals surface area contributed by atoms with Gasteiger partial charge in [0, 0.05) is 37.6 Å². The normalized spacial score (nSPS) is 20.3. The van der Waals surface area contributed by atoms with E-state index in [1.807, 2.05) is 18.6 Å². The number of aromatic nitrogens is 2. The van der Waals surface area contributed by atoms with Gasteiger partial charge in [-0.3, -0.25) is 4.90 Å². The Morgan fingerprint density at radius 1 is 1.29 bits per heavy atom. The van der Waals surface area contributed by atoms with Gasteiger partial charge in [-0.25, -0.2) is 18.4 Å². The van der Waals surface area contributed by atoms with E-state index in [9.17, 15) is 8.42 Å². The summed E-state index contributed by atoms with van der Waals surface area (Å²) in [5, 5.41) is 0.759. The maximum atomic E-state index is 11.3. The topological polar surface area (TPSA) is 63.2 Å². The molecule has 0 amide bonds. The van der Waals surface area contributed by atoms with E-state index >= 15 is 0 Å². The minimum absolute atomic E-state index is 0.261. The molecule has 7 heteroatoms. The zero-order valence-corrected chi connectivity index (χ0v) is 11.3. The molecule has 1 aromatic rings. The summed E-state index contributed by atoms with van der Waals surface area (Å²) in [5.41, 5.74) is 1.03. The fraction of sp³-hybridized carbons (Fsp3) is 0.600. The first-order valence-electron chi connectivity index (χ1n) is 5.37. The van der Waals surface area contributed by atoms with Crippen molar-refractivity contribution in [2.75, 3.05) is 30.9 Å². The van der Waals surface area contributed by atoms with Gasteiger partial charge in [-0.2, -0.15) is 0 Å². The number of thioether (sulfide) groups is 1. The van der Waals surface area contributed by atoms with E-state index < -0.39 is 9.84 Å². The second kappa shape index (κ2) is 5.32. The fourth-order valence-electron chi connectivity index (χ4n) is 1.70. The van der Waals surface area contributed by atoms with Crippen LogP contribution in [0.5, 0.6) is 0 Å². The van der Waals surface area contributed by atoms with E-state index in [-0.39, 0.29) is 11.5 Å². The van der Waals surface area contributed by atoms with Crippen LogP contribution in [0.2, 0.25) is 0 Å². The molecule has 1 fully saturated rings. The second-order valence-corrected chi connectivity index (χ2v) is 7.08. The Hall–Kier alpha value is -0.660. The minimum atomic E-state index is -2.79. The van der Waals surface area contributed by atoms with Crippen LogP contribution in [0.4, 0.5) is 0 Å². The van der Waals surface area contributed by atoms with Crippen LogP contribution in [-0.2, 0) is 16.4 Å². The summed E-state index contributed by atoms with van der Waals surface area (Å²) in [6, 6.07) is 0. The van der Waals surface area contributed by atoms with E-state index in [1.54, 1.807) is 0 Å². The van der Waals surface area contributed by atoms with Crippen LogP contribution in [0, 0.1) is 0 Å². The zero-order chi connectivity index (χ0) is 12.3. The molecule has 0 unspecified atom stereocenters. The van der Waals surface area contributed by atoms with Crippen molar-refractivity contribution in [2.24, 2.45) is 0 Å². The Kier molecular flexibility index (Phi) is 4.01. The van der Waals surface area contributed by atoms with Gasteiger partial charge in [0.05, 0.1) is 11.5 Å². The van der Waals surface area contributed by atoms with Crippen molar-refractivity contribution in [1.29, 1.82) is 0 Å². The second-order valence-electron chi connectivity index (χ2n) is 4.01. The van der Waals surface area contributed by atoms with Crippen molar-refractivity contribution in [2.45, 2.75) is 11.7 Å². The molecule has 0 N–H and O–H groups in total. The Morgan fingerprint density at radius 3 is 2.41 bits per heavy atom. The lowest BCUT2D eigenvalue weighted by atomic mass is 10.3. The molecule has 5 nitrogen and oxygen atoms in total. The van der Waals surface area contributed by atoms with E-state index in [4.69, 9.17) is 0 Å². The smallest absolute Gasteiger partial charge is 0.187 e. The highest BCUT2D eigenvalue weighted by atomic mass is 32.2. The molecule has 0 spiro atoms. The molecule has 1 saturated heterocycles. The van der Waals surface area contributed by atoms with Crippen LogP contribution in [0.1, 0.15) is 5.56 Å². The lowest BCUT2D eigenvalue weighted by molar-refractivity contribution is 0.287. The van der Waals surface area contributed by atoms with Gasteiger partial charge in [0.1, 0.15) is 0 Å². The molecule has 1 aliphatic rings. The monoisotopic (exact) mass is 273 g/mol. The van der Waals surface area contributed by atoms with E-state index in [2.05, 4.69) is 14.9 Å². The number of sulfone groups is 1. The van der Waals surface area contributed by atoms with Gasteiger partial charge in [-0.05, 0) is 6.26 Å². The van der Waals surface area contributed by atoms with Gasteiger partial charge in [0.15, 0.2) is 15.0 Å². The highest BCUT2D eigenvalue weighted by molar-refractivity contribution is 7.98. The van der Waals surface area contributed by atoms with Crippen molar-refractivity contribution in [3.05, 3.63) is 18.0 Å². The van der Waals surface area contributed by atoms with Crippen LogP contribution in [0.15, 0.2) is 17.6 Å². The highest BCUT2D eigenvalue weighted by Gasteiger charge is 2.21. The van der Waals surface area contributed by atoms with Gasteiger partial charge < -0.3 is 0 Å². The van der Waals surface area contributed by atoms with E-state index in [0.29, 0.717) is 13.1 Å². The Balaban J connectivity index is 1.93. The van der Waals surface area contributed by atoms with Crippen molar-refractivity contribution >= 4 is 21.6 Å². The molecule has 0 aromatic carbocycles. The first-order valence-corrected chi connectivity index (χ1v) is 8.41. The summed E-state index contributed by atoms with van der Waals surface area (Å²) < 4.78 is 22.6. The standard InChI is InChI=1S/C10H15N3O2S2/c1-16-10-11-6-9(7-12-10)8-13-2-4-17(14,15)5-3-13/h6-7H,2-5,8H2,1H3. The maximum absolute atomic E-state index is 11.3. The third-order valence-electron chi connectivity index (χ3n) is 2.71. The largest absolute Gasteiger partial charge is 0.297 e. The van der Waals surface area contributed by atoms with Gasteiger partial charge >= 0.3 is 0 Å². The summed E-state index contributed by atoms with van der Waals surface area (Å²) >= 11 is 1.51. The predicted molar refractivity (Wildman–Crippen MR) is 67.7 cm³/mol. The van der Waals surface area contributed by atoms with Gasteiger partial charge in [0.2, 0.25) is 0 Å². The lowest BCUT2D eigenvalue weighted by Gasteiger charge is -2.26. The summed E-state index contributed by atoms with van der Waals surface area (Å²) in [6.45, 7) is 1.93. The molecule has 0 radical (unpaired) electrons. The van der Waals surface area contributed by atoms with Crippen LogP contribution in [0.3, 0.4) is 0 Å². The van der Waals surface area contributed by atoms with Crippen LogP contribution in [0.25, 0.3) is 0 Å². The van der Waals surface area contributed by atoms with Crippen molar-refractivity contribution in [1.82, 2.24) is 14.9 Å². The molecule has 94 valence electrons. The first kappa shape index (κ1) is 12.8. The van der Waals surface area contributed by atoms with Crippen LogP contribution >= 0.6 is 11.8 Å². The summed E-state index contributed by atoms with van der Waals surface area (Å²) in [6.07, 6.45) is 5.55. The molecule has 0 saturated carbocycles. The van der Waals surface area contributed by atoms with Gasteiger partial charge in [-0.1, -0.05) is 11.8 Å². The number of nitrogens with zero attached hydrogens (tertiary/aromatic N) is 3. The van der Waals surface area contributed by atoms with Crippen LogP contribution in [-0.4, -0.2) is 54.1 Å². The quantitative estimate of drug-likeness (QED) is 0.588. The minimum Gasteiger partial charge on any atom is -0.297 e. The zero-order valence-electron chi connectivity index (χ0n) is 9.66. The van der Waals surface area contributed by atoms with E-state index in [1.165, 1.54) is 11.8 Å². The molecule has 0 atom stereocenters. The summed E-state index contributed by atoms with van der Waals surface area (Å²) in [7, 11) is -2.79. The maximum Gasteiger partial charge on any atom is 0.187 e. The molecule has 2 heterocycles. The number of hydrogen-bond donors (Lipinski definition) is 0. The van der Waals surface area contributed by atoms with Gasteiger partial charge in [-0.15, -0.1) is 0 Å². The Bertz CT molecular complexity index is 459. The molecular weight excluding hydrogens is 258 g/mol.